The van der Waals surface area contributed by atoms with Crippen LogP contribution in [0.4, 0.5) is 0 Å². The summed E-state index contributed by atoms with van der Waals surface area (Å²) in [6.45, 7) is 7.46. The third-order valence-electron chi connectivity index (χ3n) is 4.47. The molecule has 1 aromatic carbocycles. The largest absolute Gasteiger partial charge is 0.475 e. The normalized spacial score (nSPS) is 13.9. The molecule has 0 spiro atoms. The summed E-state index contributed by atoms with van der Waals surface area (Å²) in [6.07, 6.45) is 4.06. The number of aliphatic hydroxyl groups is 1. The summed E-state index contributed by atoms with van der Waals surface area (Å²) in [5.41, 5.74) is 3.73. The van der Waals surface area contributed by atoms with Gasteiger partial charge in [-0.3, -0.25) is 4.72 Å². The molecule has 2 aromatic rings. The van der Waals surface area contributed by atoms with E-state index in [9.17, 15) is 13.5 Å². The van der Waals surface area contributed by atoms with Crippen LogP contribution < -0.4 is 4.72 Å². The van der Waals surface area contributed by atoms with Gasteiger partial charge in [-0.2, -0.15) is 0 Å². The molecule has 1 heterocycles. The number of allylic oxidation sites excluding steroid dienone is 2. The topological polar surface area (TPSA) is 88.0 Å². The van der Waals surface area contributed by atoms with Crippen LogP contribution in [0.25, 0.3) is 11.6 Å². The Labute approximate surface area is 194 Å². The van der Waals surface area contributed by atoms with Crippen molar-refractivity contribution in [1.82, 2.24) is 4.72 Å². The van der Waals surface area contributed by atoms with E-state index in [0.29, 0.717) is 11.3 Å². The molecule has 0 bridgehead atoms. The van der Waals surface area contributed by atoms with Crippen molar-refractivity contribution < 1.29 is 18.3 Å². The van der Waals surface area contributed by atoms with Crippen molar-refractivity contribution in [3.05, 3.63) is 80.7 Å². The van der Waals surface area contributed by atoms with Crippen LogP contribution in [0.3, 0.4) is 0 Å². The maximum atomic E-state index is 12.7. The molecule has 0 radical (unpaired) electrons. The molecule has 2 rings (SSSR count). The minimum atomic E-state index is -3.77. The first-order valence-electron chi connectivity index (χ1n) is 10.3. The van der Waals surface area contributed by atoms with Gasteiger partial charge in [0.25, 0.3) is 10.0 Å². The Bertz CT molecular complexity index is 1100. The zero-order valence-electron chi connectivity index (χ0n) is 18.8. The van der Waals surface area contributed by atoms with E-state index in [1.54, 1.807) is 19.2 Å². The molecule has 8 heteroatoms. The van der Waals surface area contributed by atoms with E-state index in [0.717, 1.165) is 33.4 Å². The number of hydrogen-bond acceptors (Lipinski definition) is 6. The molecule has 2 N–H and O–H groups in total. The lowest BCUT2D eigenvalue weighted by Gasteiger charge is -2.17. The monoisotopic (exact) mass is 474 g/mol. The number of aliphatic hydroxyl groups excluding tert-OH is 1. The molecule has 1 aromatic heterocycles. The average Bonchev–Trinajstić information content (AvgIpc) is 3.28. The van der Waals surface area contributed by atoms with Gasteiger partial charge in [0.05, 0.1) is 17.6 Å². The average molecular weight is 475 g/mol. The summed E-state index contributed by atoms with van der Waals surface area (Å²) >= 11 is 1.45. The van der Waals surface area contributed by atoms with Crippen LogP contribution in [-0.4, -0.2) is 32.6 Å². The lowest BCUT2D eigenvalue weighted by atomic mass is 10.0. The Morgan fingerprint density at radius 2 is 1.94 bits per heavy atom. The highest BCUT2D eigenvalue weighted by Gasteiger charge is 2.18. The molecular weight excluding hydrogens is 444 g/mol. The van der Waals surface area contributed by atoms with Crippen LogP contribution >= 0.6 is 11.3 Å². The van der Waals surface area contributed by atoms with Gasteiger partial charge in [-0.25, -0.2) is 13.4 Å². The Kier molecular flexibility index (Phi) is 9.90. The van der Waals surface area contributed by atoms with Crippen LogP contribution in [0.1, 0.15) is 43.2 Å². The first-order chi connectivity index (χ1) is 15.3. The number of benzene rings is 1. The number of nitrogens with one attached hydrogen (secondary N) is 1. The number of rotatable bonds is 10. The van der Waals surface area contributed by atoms with Crippen molar-refractivity contribution in [3.8, 4) is 0 Å². The Morgan fingerprint density at radius 3 is 2.53 bits per heavy atom. The lowest BCUT2D eigenvalue weighted by Crippen LogP contribution is -2.23. The van der Waals surface area contributed by atoms with E-state index in [4.69, 9.17) is 4.74 Å². The zero-order chi connectivity index (χ0) is 23.6. The highest BCUT2D eigenvalue weighted by atomic mass is 32.2. The Hall–Kier alpha value is -2.68. The van der Waals surface area contributed by atoms with Gasteiger partial charge in [-0.1, -0.05) is 48.4 Å². The van der Waals surface area contributed by atoms with Crippen molar-refractivity contribution in [2.75, 3.05) is 13.2 Å². The SMILES string of the molecule is CCC(C)=CN=C(OCCO)/C(=C(\C)NS(=O)(=O)/C=C/c1cccs1)c1ccc(C)cc1. The van der Waals surface area contributed by atoms with E-state index in [1.165, 1.54) is 11.3 Å². The zero-order valence-corrected chi connectivity index (χ0v) is 20.5. The van der Waals surface area contributed by atoms with E-state index in [-0.39, 0.29) is 19.1 Å². The second-order valence-corrected chi connectivity index (χ2v) is 9.71. The molecule has 0 atom stereocenters. The number of aliphatic imine (C=N–C) groups is 1. The van der Waals surface area contributed by atoms with Gasteiger partial charge in [-0.15, -0.1) is 11.3 Å². The fourth-order valence-electron chi connectivity index (χ4n) is 2.64. The first kappa shape index (κ1) is 25.6. The molecule has 0 amide bonds. The molecule has 0 aliphatic carbocycles. The standard InChI is InChI=1S/C24H30N2O4S2/c1-5-18(2)17-25-24(30-14-13-27)23(21-10-8-19(3)9-11-21)20(4)26-32(28,29)16-12-22-7-6-15-31-22/h6-12,15-17,26-27H,5,13-14H2,1-4H3/b16-12+,18-17?,23-20+,25-24?. The summed E-state index contributed by atoms with van der Waals surface area (Å²) in [4.78, 5) is 5.32. The highest BCUT2D eigenvalue weighted by Crippen LogP contribution is 2.23. The molecule has 6 nitrogen and oxygen atoms in total. The lowest BCUT2D eigenvalue weighted by molar-refractivity contribution is 0.195. The van der Waals surface area contributed by atoms with Crippen molar-refractivity contribution in [2.24, 2.45) is 4.99 Å². The minimum Gasteiger partial charge on any atom is -0.475 e. The molecule has 0 aliphatic heterocycles. The molecule has 0 aliphatic rings. The van der Waals surface area contributed by atoms with Crippen LogP contribution in [0.15, 0.2) is 69.6 Å². The number of thiophene rings is 1. The molecular formula is C24H30N2O4S2. The van der Waals surface area contributed by atoms with E-state index in [2.05, 4.69) is 9.71 Å². The third-order valence-corrected chi connectivity index (χ3v) is 6.39. The van der Waals surface area contributed by atoms with Crippen LogP contribution in [-0.2, 0) is 14.8 Å². The maximum Gasteiger partial charge on any atom is 0.254 e. The van der Waals surface area contributed by atoms with Crippen molar-refractivity contribution in [3.63, 3.8) is 0 Å². The summed E-state index contributed by atoms with van der Waals surface area (Å²) < 4.78 is 33.8. The molecule has 0 saturated carbocycles. The van der Waals surface area contributed by atoms with Gasteiger partial charge in [0.1, 0.15) is 6.61 Å². The second kappa shape index (κ2) is 12.4. The minimum absolute atomic E-state index is 0.0333. The second-order valence-electron chi connectivity index (χ2n) is 7.17. The number of sulfonamides is 1. The van der Waals surface area contributed by atoms with Gasteiger partial charge >= 0.3 is 0 Å². The van der Waals surface area contributed by atoms with Crippen LogP contribution in [0, 0.1) is 6.92 Å². The van der Waals surface area contributed by atoms with Crippen LogP contribution in [0.5, 0.6) is 0 Å². The smallest absolute Gasteiger partial charge is 0.254 e. The Morgan fingerprint density at radius 1 is 1.22 bits per heavy atom. The number of nitrogens with zero attached hydrogens (tertiary/aromatic N) is 1. The van der Waals surface area contributed by atoms with Gasteiger partial charge in [0.15, 0.2) is 0 Å². The van der Waals surface area contributed by atoms with Crippen LogP contribution in [0.2, 0.25) is 0 Å². The summed E-state index contributed by atoms with van der Waals surface area (Å²) in [5, 5.41) is 12.3. The molecule has 172 valence electrons. The van der Waals surface area contributed by atoms with Crippen molar-refractivity contribution in [2.45, 2.75) is 34.1 Å². The molecule has 0 unspecified atom stereocenters. The van der Waals surface area contributed by atoms with Gasteiger partial charge < -0.3 is 9.84 Å². The van der Waals surface area contributed by atoms with Gasteiger partial charge in [0.2, 0.25) is 5.90 Å². The molecule has 0 saturated heterocycles. The third kappa shape index (κ3) is 8.11. The van der Waals surface area contributed by atoms with Crippen molar-refractivity contribution >= 4 is 38.9 Å². The van der Waals surface area contributed by atoms with E-state index < -0.39 is 10.0 Å². The first-order valence-corrected chi connectivity index (χ1v) is 12.7. The number of aryl methyl sites for hydroxylation is 1. The van der Waals surface area contributed by atoms with E-state index in [1.807, 2.05) is 62.5 Å². The fourth-order valence-corrected chi connectivity index (χ4v) is 4.26. The number of hydrogen-bond donors (Lipinski definition) is 2. The van der Waals surface area contributed by atoms with Gasteiger partial charge in [-0.05, 0) is 50.3 Å². The predicted molar refractivity (Wildman–Crippen MR) is 134 cm³/mol. The fraction of sp³-hybridized carbons (Fsp3) is 0.292. The predicted octanol–water partition coefficient (Wildman–Crippen LogP) is 5.10. The number of ether oxygens (including phenoxy) is 1. The quantitative estimate of drug-likeness (QED) is 0.370. The summed E-state index contributed by atoms with van der Waals surface area (Å²) in [7, 11) is -3.77. The molecule has 0 fully saturated rings. The summed E-state index contributed by atoms with van der Waals surface area (Å²) in [6, 6.07) is 11.3. The van der Waals surface area contributed by atoms with Gasteiger partial charge in [0, 0.05) is 16.8 Å². The molecule has 32 heavy (non-hydrogen) atoms. The van der Waals surface area contributed by atoms with Crippen molar-refractivity contribution in [1.29, 1.82) is 0 Å². The summed E-state index contributed by atoms with van der Waals surface area (Å²) in [5.74, 6) is 0.234. The van der Waals surface area contributed by atoms with E-state index >= 15 is 0 Å². The maximum absolute atomic E-state index is 12.7. The highest BCUT2D eigenvalue weighted by molar-refractivity contribution is 7.92. The Balaban J connectivity index is 2.54.